The zero-order valence-electron chi connectivity index (χ0n) is 24.8. The first-order valence-electron chi connectivity index (χ1n) is 13.2. The van der Waals surface area contributed by atoms with E-state index >= 15 is 0 Å². The van der Waals surface area contributed by atoms with Gasteiger partial charge in [0.1, 0.15) is 53.8 Å². The Balaban J connectivity index is 1.78. The van der Waals surface area contributed by atoms with E-state index in [9.17, 15) is 19.2 Å². The highest BCUT2D eigenvalue weighted by atomic mass is 16.7. The van der Waals surface area contributed by atoms with Crippen molar-refractivity contribution in [2.75, 3.05) is 53.8 Å². The standard InChI is InChI=1S/C25H40N4O12/c1-21(2)34-9-26(10-35-21)17(30)25(18(31)27-11-36-22(3,4)37-12-27,19(32)28-13-38-23(5,6)39-14-28)20(33)29-15-40-24(7,8)41-16-29/h9-16H2,1-8H3. The van der Waals surface area contributed by atoms with Gasteiger partial charge in [-0.15, -0.1) is 0 Å². The lowest BCUT2D eigenvalue weighted by Gasteiger charge is -2.47. The van der Waals surface area contributed by atoms with Gasteiger partial charge in [0.2, 0.25) is 0 Å². The van der Waals surface area contributed by atoms with Crippen LogP contribution in [0.2, 0.25) is 0 Å². The van der Waals surface area contributed by atoms with Crippen molar-refractivity contribution in [1.29, 1.82) is 0 Å². The maximum atomic E-state index is 14.4. The van der Waals surface area contributed by atoms with Crippen molar-refractivity contribution in [3.05, 3.63) is 0 Å². The molecule has 0 aromatic rings. The fourth-order valence-corrected chi connectivity index (χ4v) is 4.15. The van der Waals surface area contributed by atoms with Gasteiger partial charge in [0.05, 0.1) is 0 Å². The molecule has 4 heterocycles. The number of nitrogens with zero attached hydrogens (tertiary/aromatic N) is 4. The van der Waals surface area contributed by atoms with Crippen LogP contribution in [0.4, 0.5) is 0 Å². The van der Waals surface area contributed by atoms with Gasteiger partial charge in [-0.1, -0.05) is 0 Å². The zero-order chi connectivity index (χ0) is 30.4. The van der Waals surface area contributed by atoms with Crippen LogP contribution in [-0.2, 0) is 57.1 Å². The average molecular weight is 589 g/mol. The molecule has 41 heavy (non-hydrogen) atoms. The third kappa shape index (κ3) is 6.49. The van der Waals surface area contributed by atoms with Gasteiger partial charge in [-0.05, 0) is 55.4 Å². The molecule has 16 heteroatoms. The molecule has 4 aliphatic rings. The molecule has 0 atom stereocenters. The summed E-state index contributed by atoms with van der Waals surface area (Å²) in [5.41, 5.74) is -3.02. The summed E-state index contributed by atoms with van der Waals surface area (Å²) in [7, 11) is 0. The number of rotatable bonds is 4. The molecule has 0 aliphatic carbocycles. The fraction of sp³-hybridized carbons (Fsp3) is 0.840. The van der Waals surface area contributed by atoms with E-state index in [4.69, 9.17) is 37.9 Å². The predicted octanol–water partition coefficient (Wildman–Crippen LogP) is 0.0788. The Hall–Kier alpha value is -2.44. The van der Waals surface area contributed by atoms with Crippen LogP contribution in [-0.4, -0.2) is 120 Å². The molecule has 4 aliphatic heterocycles. The normalized spacial score (nSPS) is 26.0. The van der Waals surface area contributed by atoms with Crippen molar-refractivity contribution in [3.63, 3.8) is 0 Å². The molecule has 0 N–H and O–H groups in total. The molecule has 0 spiro atoms. The van der Waals surface area contributed by atoms with E-state index in [-0.39, 0.29) is 53.8 Å². The van der Waals surface area contributed by atoms with Crippen molar-refractivity contribution in [3.8, 4) is 0 Å². The summed E-state index contributed by atoms with van der Waals surface area (Å²) >= 11 is 0. The maximum Gasteiger partial charge on any atom is 0.283 e. The summed E-state index contributed by atoms with van der Waals surface area (Å²) in [6, 6.07) is 0. The first-order valence-corrected chi connectivity index (χ1v) is 13.2. The molecule has 0 bridgehead atoms. The number of hydrogen-bond donors (Lipinski definition) is 0. The monoisotopic (exact) mass is 588 g/mol. The van der Waals surface area contributed by atoms with Crippen molar-refractivity contribution in [2.24, 2.45) is 5.41 Å². The number of ether oxygens (including phenoxy) is 8. The summed E-state index contributed by atoms with van der Waals surface area (Å²) < 4.78 is 44.9. The summed E-state index contributed by atoms with van der Waals surface area (Å²) in [4.78, 5) is 61.7. The molecular weight excluding hydrogens is 548 g/mol. The van der Waals surface area contributed by atoms with Gasteiger partial charge in [-0.3, -0.25) is 38.8 Å². The molecule has 4 saturated heterocycles. The Morgan fingerprint density at radius 2 is 0.537 bits per heavy atom. The van der Waals surface area contributed by atoms with Gasteiger partial charge in [0, 0.05) is 0 Å². The van der Waals surface area contributed by atoms with Gasteiger partial charge >= 0.3 is 0 Å². The molecular formula is C25H40N4O12. The van der Waals surface area contributed by atoms with E-state index in [1.807, 2.05) is 0 Å². The van der Waals surface area contributed by atoms with Gasteiger partial charge < -0.3 is 37.9 Å². The van der Waals surface area contributed by atoms with E-state index in [2.05, 4.69) is 0 Å². The highest BCUT2D eigenvalue weighted by Crippen LogP contribution is 2.36. The number of amides is 4. The quantitative estimate of drug-likeness (QED) is 0.408. The van der Waals surface area contributed by atoms with Gasteiger partial charge in [-0.25, -0.2) is 0 Å². The van der Waals surface area contributed by atoms with Crippen molar-refractivity contribution in [1.82, 2.24) is 19.6 Å². The molecule has 232 valence electrons. The molecule has 0 aromatic heterocycles. The summed E-state index contributed by atoms with van der Waals surface area (Å²) in [5.74, 6) is -8.87. The number of carbonyl (C=O) groups excluding carboxylic acids is 4. The minimum absolute atomic E-state index is 0.360. The molecule has 16 nitrogen and oxygen atoms in total. The zero-order valence-corrected chi connectivity index (χ0v) is 24.8. The molecule has 0 saturated carbocycles. The maximum absolute atomic E-state index is 14.4. The average Bonchev–Trinajstić information content (AvgIpc) is 2.88. The lowest BCUT2D eigenvalue weighted by atomic mass is 9.81. The minimum atomic E-state index is -3.02. The molecule has 4 rings (SSSR count). The summed E-state index contributed by atoms with van der Waals surface area (Å²) in [6.45, 7) is 10.3. The molecule has 0 unspecified atom stereocenters. The second-order valence-electron chi connectivity index (χ2n) is 11.9. The van der Waals surface area contributed by atoms with Crippen molar-refractivity contribution in [2.45, 2.75) is 78.5 Å². The van der Waals surface area contributed by atoms with E-state index in [0.717, 1.165) is 19.6 Å². The van der Waals surface area contributed by atoms with Crippen LogP contribution in [0.3, 0.4) is 0 Å². The molecule has 4 fully saturated rings. The van der Waals surface area contributed by atoms with Crippen molar-refractivity contribution < 1.29 is 57.1 Å². The van der Waals surface area contributed by atoms with E-state index in [1.165, 1.54) is 0 Å². The van der Waals surface area contributed by atoms with Gasteiger partial charge in [-0.2, -0.15) is 0 Å². The van der Waals surface area contributed by atoms with Crippen molar-refractivity contribution >= 4 is 23.6 Å². The van der Waals surface area contributed by atoms with Crippen LogP contribution in [0.1, 0.15) is 55.4 Å². The predicted molar refractivity (Wildman–Crippen MR) is 134 cm³/mol. The minimum Gasteiger partial charge on any atom is -0.330 e. The van der Waals surface area contributed by atoms with Crippen LogP contribution in [0.5, 0.6) is 0 Å². The highest BCUT2D eigenvalue weighted by molar-refractivity contribution is 6.37. The van der Waals surface area contributed by atoms with E-state index < -0.39 is 52.2 Å². The third-order valence-corrected chi connectivity index (χ3v) is 6.98. The first kappa shape index (κ1) is 31.5. The molecule has 0 aromatic carbocycles. The van der Waals surface area contributed by atoms with Crippen LogP contribution in [0.25, 0.3) is 0 Å². The lowest BCUT2D eigenvalue weighted by molar-refractivity contribution is -0.303. The fourth-order valence-electron chi connectivity index (χ4n) is 4.15. The van der Waals surface area contributed by atoms with E-state index in [0.29, 0.717) is 0 Å². The second-order valence-corrected chi connectivity index (χ2v) is 11.9. The van der Waals surface area contributed by atoms with Gasteiger partial charge in [0.15, 0.2) is 23.1 Å². The largest absolute Gasteiger partial charge is 0.330 e. The first-order chi connectivity index (χ1) is 18.9. The third-order valence-electron chi connectivity index (χ3n) is 6.98. The Morgan fingerprint density at radius 1 is 0.390 bits per heavy atom. The van der Waals surface area contributed by atoms with Crippen LogP contribution < -0.4 is 0 Å². The summed E-state index contributed by atoms with van der Waals surface area (Å²) in [5, 5.41) is 0. The number of hydrogen-bond acceptors (Lipinski definition) is 12. The SMILES string of the molecule is CC1(C)OCN(C(=O)C(C(=O)N2COC(C)(C)OC2)(C(=O)N2COC(C)(C)OC2)C(=O)N2COC(C)(C)OC2)CO1. The Morgan fingerprint density at radius 3 is 0.683 bits per heavy atom. The Bertz CT molecular complexity index is 856. The van der Waals surface area contributed by atoms with Gasteiger partial charge in [0.25, 0.3) is 29.0 Å². The smallest absolute Gasteiger partial charge is 0.283 e. The Kier molecular flexibility index (Phi) is 8.45. The van der Waals surface area contributed by atoms with Crippen LogP contribution >= 0.6 is 0 Å². The topological polar surface area (TPSA) is 155 Å². The number of carbonyl (C=O) groups is 4. The Labute approximate surface area is 238 Å². The highest BCUT2D eigenvalue weighted by Gasteiger charge is 2.66. The van der Waals surface area contributed by atoms with E-state index in [1.54, 1.807) is 55.4 Å². The lowest BCUT2D eigenvalue weighted by Crippen LogP contribution is -2.71. The summed E-state index contributed by atoms with van der Waals surface area (Å²) in [6.07, 6.45) is 0. The van der Waals surface area contributed by atoms with Crippen LogP contribution in [0.15, 0.2) is 0 Å². The second kappa shape index (κ2) is 11.0. The molecule has 0 radical (unpaired) electrons. The molecule has 4 amide bonds. The van der Waals surface area contributed by atoms with Crippen LogP contribution in [0, 0.1) is 5.41 Å².